The molecule has 0 heterocycles. The second kappa shape index (κ2) is 4.85. The van der Waals surface area contributed by atoms with E-state index in [4.69, 9.17) is 7.57 Å². The third kappa shape index (κ3) is 2.54. The number of aryl methyl sites for hydroxylation is 2. The molecule has 0 aliphatic heterocycles. The first-order valence-corrected chi connectivity index (χ1v) is 6.76. The van der Waals surface area contributed by atoms with Crippen molar-refractivity contribution in [3.63, 3.8) is 0 Å². The van der Waals surface area contributed by atoms with Crippen molar-refractivity contribution in [1.82, 2.24) is 0 Å². The first-order chi connectivity index (χ1) is 7.66. The molecule has 0 aromatic heterocycles. The second-order valence-electron chi connectivity index (χ2n) is 4.04. The molecule has 0 aliphatic carbocycles. The second-order valence-corrected chi connectivity index (χ2v) is 5.81. The number of hydrogen-bond acceptors (Lipinski definition) is 0. The molecule has 2 aromatic rings. The first-order valence-electron chi connectivity index (χ1n) is 5.35. The predicted molar refractivity (Wildman–Crippen MR) is 74.3 cm³/mol. The molecule has 0 saturated heterocycles. The largest absolute Gasteiger partial charge is 0.121 e. The normalized spacial score (nSPS) is 10.7. The maximum atomic E-state index is 6.28. The van der Waals surface area contributed by atoms with Gasteiger partial charge in [0.25, 0.3) is 0 Å². The quantitative estimate of drug-likeness (QED) is 0.543. The van der Waals surface area contributed by atoms with Gasteiger partial charge in [0.1, 0.15) is 7.57 Å². The van der Waals surface area contributed by atoms with Crippen molar-refractivity contribution in [3.8, 4) is 0 Å². The molecular formula is C14H14BP. The van der Waals surface area contributed by atoms with Gasteiger partial charge in [0.15, 0.2) is 0 Å². The van der Waals surface area contributed by atoms with E-state index in [0.29, 0.717) is 0 Å². The van der Waals surface area contributed by atoms with E-state index >= 15 is 0 Å². The van der Waals surface area contributed by atoms with Crippen molar-refractivity contribution in [2.45, 2.75) is 13.8 Å². The van der Waals surface area contributed by atoms with Gasteiger partial charge in [-0.1, -0.05) is 67.5 Å². The van der Waals surface area contributed by atoms with E-state index in [1.54, 1.807) is 0 Å². The summed E-state index contributed by atoms with van der Waals surface area (Å²) >= 11 is 0. The van der Waals surface area contributed by atoms with Crippen LogP contribution in [0.25, 0.3) is 0 Å². The Hall–Kier alpha value is -1.07. The molecule has 0 bridgehead atoms. The zero-order chi connectivity index (χ0) is 11.5. The minimum atomic E-state index is -0.696. The average Bonchev–Trinajstić information content (AvgIpc) is 2.30. The Kier molecular flexibility index (Phi) is 3.46. The minimum Gasteiger partial charge on any atom is -0.0961 e. The van der Waals surface area contributed by atoms with Crippen LogP contribution in [0.3, 0.4) is 0 Å². The molecule has 16 heavy (non-hydrogen) atoms. The van der Waals surface area contributed by atoms with E-state index < -0.39 is 7.80 Å². The van der Waals surface area contributed by atoms with Gasteiger partial charge >= 0.3 is 0 Å². The predicted octanol–water partition coefficient (Wildman–Crippen LogP) is 2.82. The summed E-state index contributed by atoms with van der Waals surface area (Å²) in [5.41, 5.74) is 2.55. The Balaban J connectivity index is 2.28. The Morgan fingerprint density at radius 1 is 0.688 bits per heavy atom. The lowest BCUT2D eigenvalue weighted by atomic mass is 10.2. The molecule has 0 spiro atoms. The Bertz CT molecular complexity index is 414. The van der Waals surface area contributed by atoms with Crippen LogP contribution in [-0.4, -0.2) is 7.57 Å². The van der Waals surface area contributed by atoms with Crippen molar-refractivity contribution in [3.05, 3.63) is 59.7 Å². The van der Waals surface area contributed by atoms with Crippen LogP contribution in [0.15, 0.2) is 48.5 Å². The van der Waals surface area contributed by atoms with E-state index in [0.717, 1.165) is 0 Å². The summed E-state index contributed by atoms with van der Waals surface area (Å²) in [6.07, 6.45) is 0. The molecule has 0 atom stereocenters. The molecular weight excluding hydrogens is 210 g/mol. The highest BCUT2D eigenvalue weighted by Crippen LogP contribution is 2.27. The molecule has 78 valence electrons. The van der Waals surface area contributed by atoms with Gasteiger partial charge < -0.3 is 0 Å². The molecule has 2 aromatic carbocycles. The van der Waals surface area contributed by atoms with Crippen molar-refractivity contribution in [1.29, 1.82) is 0 Å². The molecule has 0 amide bonds. The Morgan fingerprint density at radius 2 is 1.00 bits per heavy atom. The van der Waals surface area contributed by atoms with Crippen LogP contribution in [0.1, 0.15) is 11.1 Å². The molecule has 0 aliphatic rings. The van der Waals surface area contributed by atoms with E-state index in [-0.39, 0.29) is 0 Å². The Labute approximate surface area is 99.8 Å². The first kappa shape index (κ1) is 11.4. The van der Waals surface area contributed by atoms with Crippen LogP contribution in [0.4, 0.5) is 0 Å². The maximum absolute atomic E-state index is 6.28. The van der Waals surface area contributed by atoms with E-state index in [9.17, 15) is 0 Å². The molecule has 0 saturated carbocycles. The molecule has 2 rings (SSSR count). The van der Waals surface area contributed by atoms with Gasteiger partial charge in [-0.05, 0) is 24.5 Å². The van der Waals surface area contributed by atoms with Gasteiger partial charge in [0, 0.05) is 0 Å². The standard InChI is InChI=1S/C14H14BP/c1-11-3-7-13(8-4-11)16(15)14-9-5-12(2)6-10-14/h3-10H,1-2H3. The lowest BCUT2D eigenvalue weighted by molar-refractivity contribution is 1.49. The van der Waals surface area contributed by atoms with Crippen LogP contribution >= 0.6 is 7.80 Å². The number of benzene rings is 2. The molecule has 0 fully saturated rings. The van der Waals surface area contributed by atoms with Crippen molar-refractivity contribution in [2.75, 3.05) is 0 Å². The fraction of sp³-hybridized carbons (Fsp3) is 0.143. The third-order valence-electron chi connectivity index (χ3n) is 2.62. The lowest BCUT2D eigenvalue weighted by Gasteiger charge is -2.14. The number of hydrogen-bond donors (Lipinski definition) is 0. The summed E-state index contributed by atoms with van der Waals surface area (Å²) in [6.45, 7) is 4.18. The molecule has 0 N–H and O–H groups in total. The SMILES string of the molecule is [B]P(c1ccc(C)cc1)c1ccc(C)cc1. The summed E-state index contributed by atoms with van der Waals surface area (Å²) < 4.78 is 0. The van der Waals surface area contributed by atoms with Crippen LogP contribution in [-0.2, 0) is 0 Å². The Morgan fingerprint density at radius 3 is 1.31 bits per heavy atom. The zero-order valence-corrected chi connectivity index (χ0v) is 10.5. The topological polar surface area (TPSA) is 0 Å². The zero-order valence-electron chi connectivity index (χ0n) is 9.64. The van der Waals surface area contributed by atoms with Crippen LogP contribution in [0.2, 0.25) is 0 Å². The van der Waals surface area contributed by atoms with Crippen molar-refractivity contribution in [2.24, 2.45) is 0 Å². The van der Waals surface area contributed by atoms with Gasteiger partial charge in [0.2, 0.25) is 0 Å². The summed E-state index contributed by atoms with van der Waals surface area (Å²) in [4.78, 5) is 0. The summed E-state index contributed by atoms with van der Waals surface area (Å²) in [7, 11) is 5.59. The van der Waals surface area contributed by atoms with E-state index in [1.165, 1.54) is 21.7 Å². The fourth-order valence-corrected chi connectivity index (χ4v) is 2.80. The van der Waals surface area contributed by atoms with Gasteiger partial charge in [-0.2, -0.15) is 0 Å². The highest BCUT2D eigenvalue weighted by atomic mass is 31.1. The monoisotopic (exact) mass is 224 g/mol. The third-order valence-corrected chi connectivity index (χ3v) is 4.33. The van der Waals surface area contributed by atoms with Gasteiger partial charge in [-0.15, -0.1) is 0 Å². The smallest absolute Gasteiger partial charge is 0.0961 e. The van der Waals surface area contributed by atoms with E-state index in [1.807, 2.05) is 0 Å². The van der Waals surface area contributed by atoms with Gasteiger partial charge in [-0.25, -0.2) is 0 Å². The van der Waals surface area contributed by atoms with Crippen molar-refractivity contribution < 1.29 is 0 Å². The molecule has 0 unspecified atom stereocenters. The summed E-state index contributed by atoms with van der Waals surface area (Å²) in [6, 6.07) is 17.0. The van der Waals surface area contributed by atoms with Gasteiger partial charge in [0.05, 0.1) is 0 Å². The van der Waals surface area contributed by atoms with Crippen molar-refractivity contribution >= 4 is 26.0 Å². The summed E-state index contributed by atoms with van der Waals surface area (Å²) in [5, 5.41) is 2.45. The average molecular weight is 224 g/mol. The minimum absolute atomic E-state index is 0.696. The van der Waals surface area contributed by atoms with Gasteiger partial charge in [-0.3, -0.25) is 0 Å². The maximum Gasteiger partial charge on any atom is 0.121 e. The number of rotatable bonds is 2. The van der Waals surface area contributed by atoms with Crippen LogP contribution in [0.5, 0.6) is 0 Å². The highest BCUT2D eigenvalue weighted by Gasteiger charge is 2.05. The summed E-state index contributed by atoms with van der Waals surface area (Å²) in [5.74, 6) is 0. The fourth-order valence-electron chi connectivity index (χ4n) is 1.56. The molecule has 0 nitrogen and oxygen atoms in total. The molecule has 2 heteroatoms. The van der Waals surface area contributed by atoms with E-state index in [2.05, 4.69) is 62.4 Å². The van der Waals surface area contributed by atoms with Crippen LogP contribution < -0.4 is 10.6 Å². The highest BCUT2D eigenvalue weighted by molar-refractivity contribution is 7.94. The molecule has 2 radical (unpaired) electrons. The van der Waals surface area contributed by atoms with Crippen LogP contribution in [0, 0.1) is 13.8 Å². The lowest BCUT2D eigenvalue weighted by Crippen LogP contribution is -2.11.